The number of methoxy groups -OCH3 is 1. The molecule has 0 saturated carbocycles. The zero-order valence-corrected chi connectivity index (χ0v) is 19.1. The first-order valence-corrected chi connectivity index (χ1v) is 11.9. The number of benzene rings is 1. The fourth-order valence-electron chi connectivity index (χ4n) is 4.04. The summed E-state index contributed by atoms with van der Waals surface area (Å²) in [5, 5.41) is 0. The number of ether oxygens (including phenoxy) is 2. The minimum Gasteiger partial charge on any atom is -0.469 e. The number of carbonyl (C=O) groups excluding carboxylic acids is 2. The highest BCUT2D eigenvalue weighted by Crippen LogP contribution is 2.34. The van der Waals surface area contributed by atoms with Crippen molar-refractivity contribution < 1.29 is 27.5 Å². The van der Waals surface area contributed by atoms with E-state index in [1.54, 1.807) is 24.3 Å². The number of nitrogens with zero attached hydrogens (tertiary/aromatic N) is 1. The number of rotatable bonds is 9. The Kier molecular flexibility index (Phi) is 8.85. The van der Waals surface area contributed by atoms with Gasteiger partial charge in [-0.1, -0.05) is 30.5 Å². The van der Waals surface area contributed by atoms with Gasteiger partial charge in [0, 0.05) is 19.4 Å². The maximum absolute atomic E-state index is 13.5. The zero-order chi connectivity index (χ0) is 22.3. The van der Waals surface area contributed by atoms with E-state index in [9.17, 15) is 18.0 Å². The van der Waals surface area contributed by atoms with Crippen molar-refractivity contribution in [2.45, 2.75) is 88.8 Å². The van der Waals surface area contributed by atoms with Gasteiger partial charge in [0.2, 0.25) is 10.0 Å². The van der Waals surface area contributed by atoms with Gasteiger partial charge < -0.3 is 9.47 Å². The van der Waals surface area contributed by atoms with Crippen LogP contribution >= 0.6 is 0 Å². The Labute approximate surface area is 179 Å². The number of hydrogen-bond donors (Lipinski definition) is 0. The third-order valence-electron chi connectivity index (χ3n) is 5.64. The van der Waals surface area contributed by atoms with Crippen LogP contribution in [0.2, 0.25) is 0 Å². The lowest BCUT2D eigenvalue weighted by Gasteiger charge is -2.43. The molecule has 1 fully saturated rings. The van der Waals surface area contributed by atoms with E-state index in [2.05, 4.69) is 4.74 Å². The summed E-state index contributed by atoms with van der Waals surface area (Å²) in [5.41, 5.74) is 0.987. The van der Waals surface area contributed by atoms with Gasteiger partial charge in [-0.15, -0.1) is 0 Å². The van der Waals surface area contributed by atoms with Crippen molar-refractivity contribution >= 4 is 22.0 Å². The van der Waals surface area contributed by atoms with Crippen molar-refractivity contribution in [2.75, 3.05) is 7.11 Å². The molecule has 8 heteroatoms. The van der Waals surface area contributed by atoms with E-state index in [0.717, 1.165) is 24.8 Å². The largest absolute Gasteiger partial charge is 0.469 e. The molecule has 2 rings (SSSR count). The van der Waals surface area contributed by atoms with E-state index >= 15 is 0 Å². The van der Waals surface area contributed by atoms with Gasteiger partial charge >= 0.3 is 11.9 Å². The third-order valence-corrected chi connectivity index (χ3v) is 7.70. The normalized spacial score (nSPS) is 22.5. The minimum absolute atomic E-state index is 0.170. The molecule has 0 radical (unpaired) electrons. The van der Waals surface area contributed by atoms with Crippen LogP contribution in [0, 0.1) is 6.92 Å². The summed E-state index contributed by atoms with van der Waals surface area (Å²) in [6, 6.07) is 6.20. The zero-order valence-electron chi connectivity index (χ0n) is 18.3. The SMILES string of the molecule is COC(=O)CCCCC[C@@H]1CC[C@H](OC(C)=O)[C@H](C)N1S(=O)(=O)c1ccc(C)cc1. The Morgan fingerprint density at radius 1 is 1.10 bits per heavy atom. The Morgan fingerprint density at radius 2 is 1.77 bits per heavy atom. The minimum atomic E-state index is -3.74. The standard InChI is InChI=1S/C22H33NO6S/c1-16-10-13-20(14-11-16)30(26,27)23-17(2)21(29-18(3)24)15-12-19(23)8-6-5-7-9-22(25)28-4/h10-11,13-14,17,19,21H,5-9,12,15H2,1-4H3/t17-,19+,21-/m0/s1. The molecule has 1 heterocycles. The molecule has 168 valence electrons. The average molecular weight is 440 g/mol. The molecule has 0 amide bonds. The highest BCUT2D eigenvalue weighted by Gasteiger charge is 2.43. The number of sulfonamides is 1. The summed E-state index contributed by atoms with van der Waals surface area (Å²) < 4.78 is 38.6. The Balaban J connectivity index is 2.17. The third kappa shape index (κ3) is 6.28. The number of aryl methyl sites for hydroxylation is 1. The lowest BCUT2D eigenvalue weighted by molar-refractivity contribution is -0.151. The number of esters is 2. The molecule has 0 aliphatic carbocycles. The van der Waals surface area contributed by atoms with Gasteiger partial charge in [-0.2, -0.15) is 4.31 Å². The maximum atomic E-state index is 13.5. The van der Waals surface area contributed by atoms with E-state index in [1.165, 1.54) is 18.3 Å². The molecule has 1 aliphatic heterocycles. The number of hydrogen-bond acceptors (Lipinski definition) is 6. The van der Waals surface area contributed by atoms with Crippen LogP contribution in [-0.2, 0) is 29.1 Å². The van der Waals surface area contributed by atoms with Crippen molar-refractivity contribution in [1.82, 2.24) is 4.31 Å². The molecule has 1 saturated heterocycles. The monoisotopic (exact) mass is 439 g/mol. The van der Waals surface area contributed by atoms with E-state index in [0.29, 0.717) is 25.7 Å². The van der Waals surface area contributed by atoms with Gasteiger partial charge in [0.25, 0.3) is 0 Å². The van der Waals surface area contributed by atoms with Crippen LogP contribution in [0.1, 0.15) is 64.4 Å². The summed E-state index contributed by atoms with van der Waals surface area (Å²) in [4.78, 5) is 23.0. The molecule has 0 spiro atoms. The molecular weight excluding hydrogens is 406 g/mol. The van der Waals surface area contributed by atoms with Crippen molar-refractivity contribution in [3.63, 3.8) is 0 Å². The average Bonchev–Trinajstić information content (AvgIpc) is 2.69. The molecule has 0 bridgehead atoms. The Bertz CT molecular complexity index is 821. The lowest BCUT2D eigenvalue weighted by atomic mass is 9.93. The molecule has 30 heavy (non-hydrogen) atoms. The van der Waals surface area contributed by atoms with E-state index in [4.69, 9.17) is 4.74 Å². The fourth-order valence-corrected chi connectivity index (χ4v) is 5.94. The summed E-state index contributed by atoms with van der Waals surface area (Å²) in [6.45, 7) is 5.06. The van der Waals surface area contributed by atoms with Gasteiger partial charge in [-0.3, -0.25) is 9.59 Å². The van der Waals surface area contributed by atoms with Gasteiger partial charge in [0.05, 0.1) is 18.0 Å². The molecule has 0 N–H and O–H groups in total. The summed E-state index contributed by atoms with van der Waals surface area (Å²) in [6.07, 6.45) is 4.23. The number of unbranched alkanes of at least 4 members (excludes halogenated alkanes) is 2. The Hall–Kier alpha value is -1.93. The molecule has 1 aliphatic rings. The van der Waals surface area contributed by atoms with Crippen LogP contribution in [0.3, 0.4) is 0 Å². The van der Waals surface area contributed by atoms with Gasteiger partial charge in [0.15, 0.2) is 0 Å². The van der Waals surface area contributed by atoms with Crippen LogP contribution in [-0.4, -0.2) is 50.0 Å². The summed E-state index contributed by atoms with van der Waals surface area (Å²) in [7, 11) is -2.36. The van der Waals surface area contributed by atoms with Crippen molar-refractivity contribution in [2.24, 2.45) is 0 Å². The molecule has 3 atom stereocenters. The van der Waals surface area contributed by atoms with Gasteiger partial charge in [-0.25, -0.2) is 8.42 Å². The lowest BCUT2D eigenvalue weighted by Crippen LogP contribution is -2.55. The first kappa shape index (κ1) is 24.3. The van der Waals surface area contributed by atoms with Crippen molar-refractivity contribution in [3.8, 4) is 0 Å². The van der Waals surface area contributed by atoms with Crippen LogP contribution in [0.5, 0.6) is 0 Å². The smallest absolute Gasteiger partial charge is 0.305 e. The predicted molar refractivity (Wildman–Crippen MR) is 113 cm³/mol. The van der Waals surface area contributed by atoms with Crippen LogP contribution in [0.4, 0.5) is 0 Å². The van der Waals surface area contributed by atoms with Gasteiger partial charge in [0.1, 0.15) is 6.10 Å². The highest BCUT2D eigenvalue weighted by atomic mass is 32.2. The first-order chi connectivity index (χ1) is 14.2. The maximum Gasteiger partial charge on any atom is 0.305 e. The van der Waals surface area contributed by atoms with Crippen LogP contribution < -0.4 is 0 Å². The number of carbonyl (C=O) groups is 2. The first-order valence-electron chi connectivity index (χ1n) is 10.5. The second-order valence-corrected chi connectivity index (χ2v) is 9.79. The van der Waals surface area contributed by atoms with E-state index in [1.807, 2.05) is 13.8 Å². The second-order valence-electron chi connectivity index (χ2n) is 7.94. The molecular formula is C22H33NO6S. The van der Waals surface area contributed by atoms with Gasteiger partial charge in [-0.05, 0) is 51.7 Å². The molecule has 1 aromatic carbocycles. The number of piperidine rings is 1. The topological polar surface area (TPSA) is 90.0 Å². The second kappa shape index (κ2) is 10.9. The highest BCUT2D eigenvalue weighted by molar-refractivity contribution is 7.89. The van der Waals surface area contributed by atoms with Crippen LogP contribution in [0.15, 0.2) is 29.2 Å². The van der Waals surface area contributed by atoms with Crippen molar-refractivity contribution in [1.29, 1.82) is 0 Å². The van der Waals surface area contributed by atoms with E-state index < -0.39 is 28.1 Å². The Morgan fingerprint density at radius 3 is 2.37 bits per heavy atom. The van der Waals surface area contributed by atoms with Crippen LogP contribution in [0.25, 0.3) is 0 Å². The van der Waals surface area contributed by atoms with Crippen molar-refractivity contribution in [3.05, 3.63) is 29.8 Å². The predicted octanol–water partition coefficient (Wildman–Crippen LogP) is 3.59. The van der Waals surface area contributed by atoms with E-state index in [-0.39, 0.29) is 16.9 Å². The summed E-state index contributed by atoms with van der Waals surface area (Å²) >= 11 is 0. The molecule has 0 aromatic heterocycles. The summed E-state index contributed by atoms with van der Waals surface area (Å²) in [5.74, 6) is -0.630. The fraction of sp³-hybridized carbons (Fsp3) is 0.636. The molecule has 7 nitrogen and oxygen atoms in total. The quantitative estimate of drug-likeness (QED) is 0.431. The molecule has 1 aromatic rings. The molecule has 0 unspecified atom stereocenters.